The van der Waals surface area contributed by atoms with E-state index in [0.717, 1.165) is 5.56 Å². The Kier molecular flexibility index (Phi) is 5.31. The fourth-order valence-electron chi connectivity index (χ4n) is 2.14. The molecular weight excluding hydrogens is 230 g/mol. The van der Waals surface area contributed by atoms with Gasteiger partial charge in [-0.05, 0) is 11.5 Å². The van der Waals surface area contributed by atoms with Gasteiger partial charge in [-0.3, -0.25) is 5.32 Å². The Bertz CT molecular complexity index is 378. The Morgan fingerprint density at radius 1 is 1.39 bits per heavy atom. The van der Waals surface area contributed by atoms with Crippen LogP contribution in [0.5, 0.6) is 0 Å². The maximum Gasteiger partial charge on any atom is 0.328 e. The van der Waals surface area contributed by atoms with Gasteiger partial charge in [0.25, 0.3) is 0 Å². The van der Waals surface area contributed by atoms with Gasteiger partial charge in [0.05, 0.1) is 6.61 Å². The van der Waals surface area contributed by atoms with Crippen LogP contribution >= 0.6 is 0 Å². The number of methoxy groups -OCH3 is 1. The topological polar surface area (TPSA) is 58.6 Å². The molecule has 0 radical (unpaired) electrons. The van der Waals surface area contributed by atoms with Crippen molar-refractivity contribution in [2.24, 2.45) is 5.92 Å². The summed E-state index contributed by atoms with van der Waals surface area (Å²) in [6.07, 6.45) is 0. The van der Waals surface area contributed by atoms with E-state index in [0.29, 0.717) is 13.2 Å². The largest absolute Gasteiger partial charge is 0.480 e. The molecule has 1 atom stereocenters. The summed E-state index contributed by atoms with van der Waals surface area (Å²) < 4.78 is 4.98. The van der Waals surface area contributed by atoms with Crippen molar-refractivity contribution in [2.45, 2.75) is 19.4 Å². The number of benzene rings is 1. The molecule has 4 nitrogen and oxygen atoms in total. The monoisotopic (exact) mass is 251 g/mol. The molecule has 0 spiro atoms. The summed E-state index contributed by atoms with van der Waals surface area (Å²) >= 11 is 0. The molecule has 100 valence electrons. The molecule has 0 aliphatic carbocycles. The van der Waals surface area contributed by atoms with Crippen molar-refractivity contribution in [2.75, 3.05) is 20.3 Å². The lowest BCUT2D eigenvalue weighted by Gasteiger charge is -2.35. The van der Waals surface area contributed by atoms with Gasteiger partial charge < -0.3 is 9.84 Å². The first-order chi connectivity index (χ1) is 8.55. The van der Waals surface area contributed by atoms with E-state index in [1.165, 1.54) is 0 Å². The van der Waals surface area contributed by atoms with Gasteiger partial charge in [-0.1, -0.05) is 44.2 Å². The lowest BCUT2D eigenvalue weighted by molar-refractivity contribution is -0.147. The van der Waals surface area contributed by atoms with Crippen molar-refractivity contribution in [3.63, 3.8) is 0 Å². The molecule has 0 heterocycles. The molecule has 0 bridgehead atoms. The van der Waals surface area contributed by atoms with Gasteiger partial charge >= 0.3 is 5.97 Å². The van der Waals surface area contributed by atoms with Crippen LogP contribution in [0.15, 0.2) is 30.3 Å². The molecule has 0 aromatic heterocycles. The van der Waals surface area contributed by atoms with Crippen LogP contribution in [-0.2, 0) is 15.1 Å². The van der Waals surface area contributed by atoms with E-state index in [9.17, 15) is 9.90 Å². The van der Waals surface area contributed by atoms with Crippen LogP contribution in [0.3, 0.4) is 0 Å². The number of rotatable bonds is 7. The number of nitrogens with one attached hydrogen (secondary N) is 1. The van der Waals surface area contributed by atoms with Gasteiger partial charge in [0.2, 0.25) is 0 Å². The molecule has 0 aliphatic rings. The second-order valence-corrected chi connectivity index (χ2v) is 4.55. The Morgan fingerprint density at radius 2 is 2.00 bits per heavy atom. The summed E-state index contributed by atoms with van der Waals surface area (Å²) in [7, 11) is 1.60. The molecule has 1 rings (SSSR count). The molecule has 0 amide bonds. The molecule has 0 aliphatic heterocycles. The lowest BCUT2D eigenvalue weighted by Crippen LogP contribution is -2.54. The minimum absolute atomic E-state index is 0.0748. The van der Waals surface area contributed by atoms with Crippen LogP contribution in [0.2, 0.25) is 0 Å². The van der Waals surface area contributed by atoms with E-state index in [-0.39, 0.29) is 5.92 Å². The van der Waals surface area contributed by atoms with Crippen LogP contribution in [-0.4, -0.2) is 31.3 Å². The van der Waals surface area contributed by atoms with Crippen molar-refractivity contribution in [1.82, 2.24) is 5.32 Å². The molecule has 1 aromatic rings. The zero-order valence-electron chi connectivity index (χ0n) is 11.1. The fourth-order valence-corrected chi connectivity index (χ4v) is 2.14. The van der Waals surface area contributed by atoms with Crippen LogP contribution in [0, 0.1) is 5.92 Å². The van der Waals surface area contributed by atoms with Gasteiger partial charge in [-0.2, -0.15) is 0 Å². The van der Waals surface area contributed by atoms with Crippen LogP contribution in [0.25, 0.3) is 0 Å². The average molecular weight is 251 g/mol. The Balaban J connectivity index is 3.10. The van der Waals surface area contributed by atoms with Gasteiger partial charge in [-0.25, -0.2) is 4.79 Å². The highest BCUT2D eigenvalue weighted by molar-refractivity contribution is 5.81. The third-order valence-corrected chi connectivity index (χ3v) is 3.14. The van der Waals surface area contributed by atoms with Crippen molar-refractivity contribution < 1.29 is 14.6 Å². The SMILES string of the molecule is COCCNC(C(=O)O)(c1ccccc1)C(C)C. The highest BCUT2D eigenvalue weighted by atomic mass is 16.5. The van der Waals surface area contributed by atoms with E-state index in [1.807, 2.05) is 44.2 Å². The first-order valence-corrected chi connectivity index (χ1v) is 6.08. The normalized spacial score (nSPS) is 14.4. The second kappa shape index (κ2) is 6.52. The Hall–Kier alpha value is -1.39. The van der Waals surface area contributed by atoms with Crippen molar-refractivity contribution in [3.8, 4) is 0 Å². The maximum atomic E-state index is 11.8. The second-order valence-electron chi connectivity index (χ2n) is 4.55. The summed E-state index contributed by atoms with van der Waals surface area (Å²) in [6, 6.07) is 9.27. The number of carboxylic acids is 1. The molecule has 4 heteroatoms. The predicted octanol–water partition coefficient (Wildman–Crippen LogP) is 1.86. The van der Waals surface area contributed by atoms with Crippen LogP contribution in [0.1, 0.15) is 19.4 Å². The van der Waals surface area contributed by atoms with Crippen molar-refractivity contribution in [3.05, 3.63) is 35.9 Å². The predicted molar refractivity (Wildman–Crippen MR) is 70.5 cm³/mol. The number of aliphatic carboxylic acids is 1. The van der Waals surface area contributed by atoms with Crippen molar-refractivity contribution >= 4 is 5.97 Å². The number of ether oxygens (including phenoxy) is 1. The number of carboxylic acid groups (broad SMARTS) is 1. The Morgan fingerprint density at radius 3 is 2.44 bits per heavy atom. The highest BCUT2D eigenvalue weighted by Gasteiger charge is 2.42. The molecule has 1 aromatic carbocycles. The standard InChI is InChI=1S/C14H21NO3/c1-11(2)14(13(16)17,15-9-10-18-3)12-7-5-4-6-8-12/h4-8,11,15H,9-10H2,1-3H3,(H,16,17). The first kappa shape index (κ1) is 14.7. The average Bonchev–Trinajstić information content (AvgIpc) is 2.35. The van der Waals surface area contributed by atoms with Gasteiger partial charge in [-0.15, -0.1) is 0 Å². The Labute approximate surface area is 108 Å². The maximum absolute atomic E-state index is 11.8. The van der Waals surface area contributed by atoms with Gasteiger partial charge in [0, 0.05) is 13.7 Å². The van der Waals surface area contributed by atoms with E-state index in [1.54, 1.807) is 7.11 Å². The molecule has 2 N–H and O–H groups in total. The highest BCUT2D eigenvalue weighted by Crippen LogP contribution is 2.29. The molecule has 0 saturated carbocycles. The minimum atomic E-state index is -1.07. The zero-order valence-corrected chi connectivity index (χ0v) is 11.1. The van der Waals surface area contributed by atoms with E-state index < -0.39 is 11.5 Å². The van der Waals surface area contributed by atoms with Crippen LogP contribution < -0.4 is 5.32 Å². The fraction of sp³-hybridized carbons (Fsp3) is 0.500. The molecule has 1 unspecified atom stereocenters. The summed E-state index contributed by atoms with van der Waals surface area (Å²) in [5.41, 5.74) is -0.302. The summed E-state index contributed by atoms with van der Waals surface area (Å²) in [5, 5.41) is 12.8. The molecule has 0 saturated heterocycles. The van der Waals surface area contributed by atoms with E-state index >= 15 is 0 Å². The number of hydrogen-bond donors (Lipinski definition) is 2. The van der Waals surface area contributed by atoms with Gasteiger partial charge in [0.1, 0.15) is 5.54 Å². The molecule has 18 heavy (non-hydrogen) atoms. The van der Waals surface area contributed by atoms with Gasteiger partial charge in [0.15, 0.2) is 0 Å². The summed E-state index contributed by atoms with van der Waals surface area (Å²) in [6.45, 7) is 4.78. The third-order valence-electron chi connectivity index (χ3n) is 3.14. The summed E-state index contributed by atoms with van der Waals surface area (Å²) in [4.78, 5) is 11.8. The van der Waals surface area contributed by atoms with E-state index in [2.05, 4.69) is 5.32 Å². The van der Waals surface area contributed by atoms with Crippen LogP contribution in [0.4, 0.5) is 0 Å². The molecule has 0 fully saturated rings. The summed E-state index contributed by atoms with van der Waals surface area (Å²) in [5.74, 6) is -0.936. The number of carbonyl (C=O) groups is 1. The third kappa shape index (κ3) is 2.89. The molecular formula is C14H21NO3. The van der Waals surface area contributed by atoms with E-state index in [4.69, 9.17) is 4.74 Å². The zero-order chi connectivity index (χ0) is 13.6. The minimum Gasteiger partial charge on any atom is -0.480 e. The lowest BCUT2D eigenvalue weighted by atomic mass is 9.79. The quantitative estimate of drug-likeness (QED) is 0.726. The van der Waals surface area contributed by atoms with Crippen molar-refractivity contribution in [1.29, 1.82) is 0 Å². The number of hydrogen-bond acceptors (Lipinski definition) is 3. The smallest absolute Gasteiger partial charge is 0.328 e. The first-order valence-electron chi connectivity index (χ1n) is 6.08.